The molecule has 0 radical (unpaired) electrons. The van der Waals surface area contributed by atoms with Gasteiger partial charge in [0, 0.05) is 60.8 Å². The van der Waals surface area contributed by atoms with Crippen molar-refractivity contribution in [2.24, 2.45) is 0 Å². The molecule has 0 bridgehead atoms. The molecule has 0 saturated carbocycles. The zero-order chi connectivity index (χ0) is 25.1. The van der Waals surface area contributed by atoms with Crippen LogP contribution in [0.15, 0.2) is 73.7 Å². The number of benzene rings is 2. The summed E-state index contributed by atoms with van der Waals surface area (Å²) >= 11 is 0. The van der Waals surface area contributed by atoms with E-state index in [4.69, 9.17) is 0 Å². The average Bonchev–Trinajstić information content (AvgIpc) is 2.90. The number of fused-ring (bicyclic) bond motifs is 1. The van der Waals surface area contributed by atoms with Gasteiger partial charge in [-0.15, -0.1) is 0 Å². The summed E-state index contributed by atoms with van der Waals surface area (Å²) in [5.41, 5.74) is 3.98. The van der Waals surface area contributed by atoms with E-state index in [9.17, 15) is 9.18 Å². The topological polar surface area (TPSA) is 86.3 Å². The van der Waals surface area contributed by atoms with Gasteiger partial charge < -0.3 is 20.4 Å². The third-order valence-corrected chi connectivity index (χ3v) is 6.18. The number of hydrogen-bond donors (Lipinski definition) is 2. The Kier molecular flexibility index (Phi) is 6.55. The maximum atomic E-state index is 15.0. The van der Waals surface area contributed by atoms with E-state index in [2.05, 4.69) is 49.0 Å². The van der Waals surface area contributed by atoms with Crippen LogP contribution in [0.1, 0.15) is 0 Å². The van der Waals surface area contributed by atoms with Crippen LogP contribution in [0.5, 0.6) is 0 Å². The molecule has 4 aromatic rings. The van der Waals surface area contributed by atoms with Crippen molar-refractivity contribution in [3.8, 4) is 11.1 Å². The number of amides is 1. The number of carbonyl (C=O) groups excluding carboxylic acids is 1. The minimum Gasteiger partial charge on any atom is -0.369 e. The van der Waals surface area contributed by atoms with E-state index in [1.54, 1.807) is 30.7 Å². The Morgan fingerprint density at radius 3 is 2.69 bits per heavy atom. The van der Waals surface area contributed by atoms with Gasteiger partial charge in [-0.05, 0) is 37.4 Å². The van der Waals surface area contributed by atoms with Crippen LogP contribution >= 0.6 is 0 Å². The number of nitrogens with zero attached hydrogens (tertiary/aromatic N) is 5. The highest BCUT2D eigenvalue weighted by atomic mass is 19.1. The fraction of sp³-hybridized carbons (Fsp3) is 0.185. The van der Waals surface area contributed by atoms with E-state index in [0.29, 0.717) is 16.9 Å². The van der Waals surface area contributed by atoms with Crippen molar-refractivity contribution in [1.82, 2.24) is 19.9 Å². The molecule has 36 heavy (non-hydrogen) atoms. The van der Waals surface area contributed by atoms with Crippen molar-refractivity contribution in [1.29, 1.82) is 0 Å². The van der Waals surface area contributed by atoms with Crippen LogP contribution in [0, 0.1) is 5.82 Å². The molecule has 0 aliphatic carbocycles. The van der Waals surface area contributed by atoms with Crippen molar-refractivity contribution in [2.45, 2.75) is 0 Å². The molecule has 182 valence electrons. The fourth-order valence-corrected chi connectivity index (χ4v) is 4.19. The van der Waals surface area contributed by atoms with E-state index >= 15 is 0 Å². The SMILES string of the molecule is C=CC(=O)Nc1cncc(-c2cccc3cnc(Nc4ccc(N5CCN(C)CC5)cc4F)nc23)c1. The number of nitrogens with one attached hydrogen (secondary N) is 2. The maximum absolute atomic E-state index is 15.0. The minimum absolute atomic E-state index is 0.283. The molecule has 0 spiro atoms. The molecule has 2 aromatic heterocycles. The molecule has 1 saturated heterocycles. The van der Waals surface area contributed by atoms with Gasteiger partial charge in [-0.1, -0.05) is 24.8 Å². The monoisotopic (exact) mass is 483 g/mol. The maximum Gasteiger partial charge on any atom is 0.247 e. The number of piperazine rings is 1. The molecule has 2 aromatic carbocycles. The van der Waals surface area contributed by atoms with E-state index in [1.165, 1.54) is 6.08 Å². The van der Waals surface area contributed by atoms with Crippen LogP contribution in [0.25, 0.3) is 22.0 Å². The second kappa shape index (κ2) is 10.1. The molecule has 3 heterocycles. The van der Waals surface area contributed by atoms with Crippen molar-refractivity contribution < 1.29 is 9.18 Å². The number of aromatic nitrogens is 3. The Balaban J connectivity index is 1.42. The number of carbonyl (C=O) groups is 1. The molecule has 2 N–H and O–H groups in total. The summed E-state index contributed by atoms with van der Waals surface area (Å²) in [7, 11) is 2.09. The Morgan fingerprint density at radius 1 is 1.08 bits per heavy atom. The summed E-state index contributed by atoms with van der Waals surface area (Å²) in [5, 5.41) is 6.56. The summed E-state index contributed by atoms with van der Waals surface area (Å²) in [6.45, 7) is 7.11. The summed E-state index contributed by atoms with van der Waals surface area (Å²) in [5.74, 6) is -0.398. The van der Waals surface area contributed by atoms with Crippen molar-refractivity contribution >= 4 is 39.8 Å². The van der Waals surface area contributed by atoms with E-state index in [1.807, 2.05) is 30.3 Å². The largest absolute Gasteiger partial charge is 0.369 e. The molecule has 1 amide bonds. The predicted molar refractivity (Wildman–Crippen MR) is 141 cm³/mol. The Morgan fingerprint density at radius 2 is 1.92 bits per heavy atom. The molecule has 1 aliphatic rings. The molecule has 0 atom stereocenters. The zero-order valence-electron chi connectivity index (χ0n) is 19.9. The number of rotatable bonds is 6. The molecule has 1 fully saturated rings. The number of pyridine rings is 1. The normalized spacial score (nSPS) is 14.0. The minimum atomic E-state index is -0.363. The third kappa shape index (κ3) is 5.01. The molecular formula is C27H26FN7O. The van der Waals surface area contributed by atoms with Gasteiger partial charge in [-0.2, -0.15) is 0 Å². The van der Waals surface area contributed by atoms with Crippen LogP contribution in [-0.4, -0.2) is 59.0 Å². The van der Waals surface area contributed by atoms with Gasteiger partial charge in [0.15, 0.2) is 0 Å². The van der Waals surface area contributed by atoms with Crippen LogP contribution in [0.4, 0.5) is 27.4 Å². The van der Waals surface area contributed by atoms with Gasteiger partial charge in [0.25, 0.3) is 0 Å². The first-order valence-corrected chi connectivity index (χ1v) is 11.6. The van der Waals surface area contributed by atoms with Crippen LogP contribution in [0.3, 0.4) is 0 Å². The first kappa shape index (κ1) is 23.4. The first-order valence-electron chi connectivity index (χ1n) is 11.6. The highest BCUT2D eigenvalue weighted by molar-refractivity contribution is 6.00. The van der Waals surface area contributed by atoms with Crippen LogP contribution in [-0.2, 0) is 4.79 Å². The lowest BCUT2D eigenvalue weighted by atomic mass is 10.0. The van der Waals surface area contributed by atoms with Crippen molar-refractivity contribution in [3.05, 3.63) is 79.5 Å². The Hall–Kier alpha value is -4.37. The third-order valence-electron chi connectivity index (χ3n) is 6.18. The lowest BCUT2D eigenvalue weighted by Crippen LogP contribution is -2.44. The van der Waals surface area contributed by atoms with Gasteiger partial charge in [-0.3, -0.25) is 9.78 Å². The number of anilines is 4. The highest BCUT2D eigenvalue weighted by Gasteiger charge is 2.16. The Bertz CT molecular complexity index is 1430. The zero-order valence-corrected chi connectivity index (χ0v) is 19.9. The number of halogens is 1. The van der Waals surface area contributed by atoms with Gasteiger partial charge in [0.2, 0.25) is 11.9 Å². The second-order valence-corrected chi connectivity index (χ2v) is 8.67. The summed E-state index contributed by atoms with van der Waals surface area (Å²) in [6, 6.07) is 12.7. The number of para-hydroxylation sites is 1. The first-order chi connectivity index (χ1) is 17.5. The van der Waals surface area contributed by atoms with Crippen LogP contribution < -0.4 is 15.5 Å². The highest BCUT2D eigenvalue weighted by Crippen LogP contribution is 2.30. The standard InChI is InChI=1S/C27H26FN7O/c1-3-25(36)31-20-13-19(15-29-17-20)22-6-4-5-18-16-30-27(33-26(18)22)32-24-8-7-21(14-23(24)28)35-11-9-34(2)10-12-35/h3-8,13-17H,1,9-12H2,2H3,(H,31,36)(H,30,32,33). The van der Waals surface area contributed by atoms with E-state index < -0.39 is 0 Å². The van der Waals surface area contributed by atoms with Gasteiger partial charge >= 0.3 is 0 Å². The number of hydrogen-bond acceptors (Lipinski definition) is 7. The fourth-order valence-electron chi connectivity index (χ4n) is 4.19. The van der Waals surface area contributed by atoms with Gasteiger partial charge in [-0.25, -0.2) is 14.4 Å². The Labute approximate surface area is 208 Å². The number of likely N-dealkylation sites (N-methyl/N-ethyl adjacent to an activating group) is 1. The molecule has 0 unspecified atom stereocenters. The molecule has 9 heteroatoms. The molecule has 1 aliphatic heterocycles. The second-order valence-electron chi connectivity index (χ2n) is 8.67. The van der Waals surface area contributed by atoms with Gasteiger partial charge in [0.05, 0.1) is 23.1 Å². The van der Waals surface area contributed by atoms with Crippen LogP contribution in [0.2, 0.25) is 0 Å². The van der Waals surface area contributed by atoms with Gasteiger partial charge in [0.1, 0.15) is 5.82 Å². The molecule has 5 rings (SSSR count). The smallest absolute Gasteiger partial charge is 0.247 e. The lowest BCUT2D eigenvalue weighted by molar-refractivity contribution is -0.111. The van der Waals surface area contributed by atoms with Crippen molar-refractivity contribution in [3.63, 3.8) is 0 Å². The van der Waals surface area contributed by atoms with E-state index in [-0.39, 0.29) is 17.7 Å². The van der Waals surface area contributed by atoms with Crippen molar-refractivity contribution in [2.75, 3.05) is 48.8 Å². The summed E-state index contributed by atoms with van der Waals surface area (Å²) in [4.78, 5) is 29.4. The summed E-state index contributed by atoms with van der Waals surface area (Å²) < 4.78 is 15.0. The average molecular weight is 484 g/mol. The lowest BCUT2D eigenvalue weighted by Gasteiger charge is -2.34. The summed E-state index contributed by atoms with van der Waals surface area (Å²) in [6.07, 6.45) is 6.16. The molecular weight excluding hydrogens is 457 g/mol. The van der Waals surface area contributed by atoms with E-state index in [0.717, 1.165) is 48.4 Å². The quantitative estimate of drug-likeness (QED) is 0.392. The predicted octanol–water partition coefficient (Wildman–Crippen LogP) is 4.45. The molecule has 8 nitrogen and oxygen atoms in total.